The van der Waals surface area contributed by atoms with E-state index < -0.39 is 22.2 Å². The first kappa shape index (κ1) is 14.0. The molecule has 1 aromatic rings. The third-order valence-electron chi connectivity index (χ3n) is 3.56. The number of hydrogen-bond acceptors (Lipinski definition) is 4. The van der Waals surface area contributed by atoms with Crippen molar-refractivity contribution >= 4 is 17.6 Å². The number of carbonyl (C=O) groups excluding carboxylic acids is 1. The number of nitrogens with zero attached hydrogens (tertiary/aromatic N) is 1. The summed E-state index contributed by atoms with van der Waals surface area (Å²) in [6.07, 6.45) is 1.08. The van der Waals surface area contributed by atoms with E-state index in [0.717, 1.165) is 0 Å². The molecule has 1 amide bonds. The molecule has 0 bridgehead atoms. The molecule has 0 radical (unpaired) electrons. The van der Waals surface area contributed by atoms with E-state index >= 15 is 0 Å². The van der Waals surface area contributed by atoms with Crippen LogP contribution in [0.3, 0.4) is 0 Å². The summed E-state index contributed by atoms with van der Waals surface area (Å²) in [5.74, 6) is -1.42. The smallest absolute Gasteiger partial charge is 0.311 e. The number of aryl methyl sites for hydroxylation is 1. The lowest BCUT2D eigenvalue weighted by atomic mass is 10.1. The fourth-order valence-corrected chi connectivity index (χ4v) is 1.92. The molecule has 2 rings (SSSR count). The molecule has 7 nitrogen and oxygen atoms in total. The van der Waals surface area contributed by atoms with Crippen LogP contribution in [0.1, 0.15) is 28.8 Å². The van der Waals surface area contributed by atoms with Crippen molar-refractivity contribution in [1.29, 1.82) is 0 Å². The largest absolute Gasteiger partial charge is 0.481 e. The number of hydrogen-bond donors (Lipinski definition) is 2. The zero-order chi connectivity index (χ0) is 14.9. The minimum Gasteiger partial charge on any atom is -0.481 e. The quantitative estimate of drug-likeness (QED) is 0.626. The van der Waals surface area contributed by atoms with Gasteiger partial charge in [-0.15, -0.1) is 0 Å². The number of benzene rings is 1. The molecule has 1 aromatic carbocycles. The van der Waals surface area contributed by atoms with E-state index in [1.165, 1.54) is 18.2 Å². The lowest BCUT2D eigenvalue weighted by Gasteiger charge is -2.11. The standard InChI is InChI=1S/C13H14N2O5/c1-8-2-3-9(6-10(8)15(19)20)11(16)14-7-13(4-5-13)12(17)18/h2-3,6H,4-5,7H2,1H3,(H,14,16)(H,17,18). The van der Waals surface area contributed by atoms with Crippen molar-refractivity contribution in [3.8, 4) is 0 Å². The minimum atomic E-state index is -0.923. The predicted molar refractivity (Wildman–Crippen MR) is 69.5 cm³/mol. The molecule has 106 valence electrons. The zero-order valence-electron chi connectivity index (χ0n) is 10.9. The molecule has 0 unspecified atom stereocenters. The van der Waals surface area contributed by atoms with Gasteiger partial charge >= 0.3 is 5.97 Å². The Morgan fingerprint density at radius 1 is 1.45 bits per heavy atom. The molecule has 0 spiro atoms. The summed E-state index contributed by atoms with van der Waals surface area (Å²) in [7, 11) is 0. The van der Waals surface area contributed by atoms with E-state index in [0.29, 0.717) is 18.4 Å². The maximum Gasteiger partial charge on any atom is 0.311 e. The lowest BCUT2D eigenvalue weighted by molar-refractivity contribution is -0.385. The molecule has 0 saturated heterocycles. The van der Waals surface area contributed by atoms with Crippen molar-refractivity contribution in [2.45, 2.75) is 19.8 Å². The predicted octanol–water partition coefficient (Wildman–Crippen LogP) is 1.50. The van der Waals surface area contributed by atoms with Crippen LogP contribution in [-0.4, -0.2) is 28.5 Å². The van der Waals surface area contributed by atoms with Crippen LogP contribution in [0.25, 0.3) is 0 Å². The van der Waals surface area contributed by atoms with Crippen LogP contribution in [0, 0.1) is 22.5 Å². The molecule has 0 aliphatic heterocycles. The van der Waals surface area contributed by atoms with Gasteiger partial charge in [0.1, 0.15) is 0 Å². The Kier molecular flexibility index (Phi) is 3.44. The molecule has 0 aromatic heterocycles. The van der Waals surface area contributed by atoms with Gasteiger partial charge in [-0.3, -0.25) is 19.7 Å². The number of nitro benzene ring substituents is 1. The van der Waals surface area contributed by atoms with Crippen LogP contribution >= 0.6 is 0 Å². The first-order valence-electron chi connectivity index (χ1n) is 6.12. The van der Waals surface area contributed by atoms with Crippen LogP contribution in [0.4, 0.5) is 5.69 Å². The van der Waals surface area contributed by atoms with Crippen LogP contribution in [0.2, 0.25) is 0 Å². The highest BCUT2D eigenvalue weighted by molar-refractivity contribution is 5.95. The van der Waals surface area contributed by atoms with Gasteiger partial charge in [-0.2, -0.15) is 0 Å². The average molecular weight is 278 g/mol. The van der Waals surface area contributed by atoms with Gasteiger partial charge in [0.25, 0.3) is 11.6 Å². The summed E-state index contributed by atoms with van der Waals surface area (Å²) >= 11 is 0. The summed E-state index contributed by atoms with van der Waals surface area (Å²) in [6.45, 7) is 1.63. The highest BCUT2D eigenvalue weighted by atomic mass is 16.6. The average Bonchev–Trinajstić information content (AvgIpc) is 3.17. The number of rotatable bonds is 5. The molecule has 1 aliphatic carbocycles. The fourth-order valence-electron chi connectivity index (χ4n) is 1.92. The molecule has 7 heteroatoms. The minimum absolute atomic E-state index is 0.0445. The normalized spacial score (nSPS) is 15.4. The molecule has 2 N–H and O–H groups in total. The Bertz CT molecular complexity index is 592. The first-order valence-corrected chi connectivity index (χ1v) is 6.12. The number of carbonyl (C=O) groups is 2. The van der Waals surface area contributed by atoms with Crippen molar-refractivity contribution in [3.05, 3.63) is 39.4 Å². The second-order valence-corrected chi connectivity index (χ2v) is 5.03. The summed E-state index contributed by atoms with van der Waals surface area (Å²) < 4.78 is 0. The number of carboxylic acids is 1. The number of nitro groups is 1. The van der Waals surface area contributed by atoms with Crippen molar-refractivity contribution in [1.82, 2.24) is 5.32 Å². The van der Waals surface area contributed by atoms with Gasteiger partial charge in [-0.25, -0.2) is 0 Å². The van der Waals surface area contributed by atoms with Crippen molar-refractivity contribution in [2.75, 3.05) is 6.54 Å². The third kappa shape index (κ3) is 2.61. The highest BCUT2D eigenvalue weighted by Gasteiger charge is 2.50. The Hall–Kier alpha value is -2.44. The Balaban J connectivity index is 2.08. The molecular formula is C13H14N2O5. The van der Waals surface area contributed by atoms with Crippen LogP contribution in [-0.2, 0) is 4.79 Å². The molecule has 1 fully saturated rings. The van der Waals surface area contributed by atoms with E-state index in [-0.39, 0.29) is 17.8 Å². The van der Waals surface area contributed by atoms with Crippen LogP contribution < -0.4 is 5.32 Å². The monoisotopic (exact) mass is 278 g/mol. The van der Waals surface area contributed by atoms with Crippen molar-refractivity contribution in [3.63, 3.8) is 0 Å². The summed E-state index contributed by atoms with van der Waals surface area (Å²) in [4.78, 5) is 33.1. The van der Waals surface area contributed by atoms with E-state index in [4.69, 9.17) is 5.11 Å². The van der Waals surface area contributed by atoms with Gasteiger partial charge in [0.2, 0.25) is 0 Å². The van der Waals surface area contributed by atoms with Crippen LogP contribution in [0.5, 0.6) is 0 Å². The number of amides is 1. The number of carboxylic acid groups (broad SMARTS) is 1. The van der Waals surface area contributed by atoms with Crippen molar-refractivity contribution < 1.29 is 19.6 Å². The lowest BCUT2D eigenvalue weighted by Crippen LogP contribution is -2.34. The van der Waals surface area contributed by atoms with Gasteiger partial charge in [0, 0.05) is 23.7 Å². The van der Waals surface area contributed by atoms with Gasteiger partial charge < -0.3 is 10.4 Å². The summed E-state index contributed by atoms with van der Waals surface area (Å²) in [6, 6.07) is 4.18. The second-order valence-electron chi connectivity index (χ2n) is 5.03. The van der Waals surface area contributed by atoms with Gasteiger partial charge in [0.15, 0.2) is 0 Å². The highest BCUT2D eigenvalue weighted by Crippen LogP contribution is 2.45. The van der Waals surface area contributed by atoms with Gasteiger partial charge in [-0.1, -0.05) is 6.07 Å². The topological polar surface area (TPSA) is 110 Å². The SMILES string of the molecule is Cc1ccc(C(=O)NCC2(C(=O)O)CC2)cc1[N+](=O)[O-]. The van der Waals surface area contributed by atoms with E-state index in [2.05, 4.69) is 5.32 Å². The molecule has 0 heterocycles. The molecular weight excluding hydrogens is 264 g/mol. The number of aliphatic carboxylic acids is 1. The van der Waals surface area contributed by atoms with E-state index in [1.807, 2.05) is 0 Å². The summed E-state index contributed by atoms with van der Waals surface area (Å²) in [5, 5.41) is 22.3. The Labute approximate surface area is 114 Å². The Morgan fingerprint density at radius 2 is 2.10 bits per heavy atom. The molecule has 1 saturated carbocycles. The fraction of sp³-hybridized carbons (Fsp3) is 0.385. The number of nitrogens with one attached hydrogen (secondary N) is 1. The molecule has 0 atom stereocenters. The third-order valence-corrected chi connectivity index (χ3v) is 3.56. The van der Waals surface area contributed by atoms with Crippen LogP contribution in [0.15, 0.2) is 18.2 Å². The summed E-state index contributed by atoms with van der Waals surface area (Å²) in [5.41, 5.74) is -0.358. The molecule has 1 aliphatic rings. The molecule has 20 heavy (non-hydrogen) atoms. The van der Waals surface area contributed by atoms with Crippen molar-refractivity contribution in [2.24, 2.45) is 5.41 Å². The van der Waals surface area contributed by atoms with Gasteiger partial charge in [-0.05, 0) is 25.8 Å². The zero-order valence-corrected chi connectivity index (χ0v) is 10.9. The van der Waals surface area contributed by atoms with E-state index in [9.17, 15) is 19.7 Å². The maximum atomic E-state index is 11.9. The van der Waals surface area contributed by atoms with Gasteiger partial charge in [0.05, 0.1) is 10.3 Å². The maximum absolute atomic E-state index is 11.9. The Morgan fingerprint density at radius 3 is 2.60 bits per heavy atom. The second kappa shape index (κ2) is 4.92. The first-order chi connectivity index (χ1) is 9.35. The van der Waals surface area contributed by atoms with E-state index in [1.54, 1.807) is 6.92 Å².